The van der Waals surface area contributed by atoms with Crippen molar-refractivity contribution < 1.29 is 8.42 Å². The van der Waals surface area contributed by atoms with Crippen LogP contribution in [0.15, 0.2) is 23.1 Å². The standard InChI is InChI=1S/C12H15ClN2O2S/c1-3-4-9(2)15-18(16,17)11-6-5-10(8-14)12(13)7-11/h5-7,9,15H,3-4H2,1-2H3. The van der Waals surface area contributed by atoms with Crippen LogP contribution in [-0.4, -0.2) is 14.5 Å². The Morgan fingerprint density at radius 3 is 2.67 bits per heavy atom. The van der Waals surface area contributed by atoms with Crippen molar-refractivity contribution >= 4 is 21.6 Å². The quantitative estimate of drug-likeness (QED) is 0.905. The monoisotopic (exact) mass is 286 g/mol. The van der Waals surface area contributed by atoms with Gasteiger partial charge in [0.05, 0.1) is 15.5 Å². The molecule has 1 aromatic rings. The molecule has 6 heteroatoms. The molecule has 0 spiro atoms. The molecular weight excluding hydrogens is 272 g/mol. The summed E-state index contributed by atoms with van der Waals surface area (Å²) in [5.74, 6) is 0. The molecule has 0 saturated heterocycles. The fourth-order valence-corrected chi connectivity index (χ4v) is 3.17. The number of halogens is 1. The lowest BCUT2D eigenvalue weighted by molar-refractivity contribution is 0.544. The molecule has 1 aromatic carbocycles. The van der Waals surface area contributed by atoms with E-state index >= 15 is 0 Å². The topological polar surface area (TPSA) is 70.0 Å². The van der Waals surface area contributed by atoms with Gasteiger partial charge in [-0.2, -0.15) is 5.26 Å². The Labute approximate surface area is 113 Å². The zero-order valence-electron chi connectivity index (χ0n) is 10.3. The molecule has 0 fully saturated rings. The summed E-state index contributed by atoms with van der Waals surface area (Å²) in [7, 11) is -3.57. The maximum absolute atomic E-state index is 12.0. The Balaban J connectivity index is 2.99. The molecule has 1 unspecified atom stereocenters. The number of nitrogens with one attached hydrogen (secondary N) is 1. The number of sulfonamides is 1. The van der Waals surface area contributed by atoms with Crippen LogP contribution in [0.1, 0.15) is 32.3 Å². The van der Waals surface area contributed by atoms with Gasteiger partial charge in [-0.1, -0.05) is 24.9 Å². The van der Waals surface area contributed by atoms with Crippen LogP contribution in [-0.2, 0) is 10.0 Å². The van der Waals surface area contributed by atoms with Gasteiger partial charge in [-0.3, -0.25) is 0 Å². The average Bonchev–Trinajstić information content (AvgIpc) is 2.28. The Kier molecular flexibility index (Phi) is 5.15. The van der Waals surface area contributed by atoms with E-state index in [1.165, 1.54) is 18.2 Å². The summed E-state index contributed by atoms with van der Waals surface area (Å²) in [5, 5.41) is 8.87. The van der Waals surface area contributed by atoms with Gasteiger partial charge in [0.1, 0.15) is 6.07 Å². The van der Waals surface area contributed by atoms with Crippen LogP contribution in [0.4, 0.5) is 0 Å². The third-order valence-electron chi connectivity index (χ3n) is 2.45. The minimum atomic E-state index is -3.57. The van der Waals surface area contributed by atoms with Crippen LogP contribution >= 0.6 is 11.6 Å². The van der Waals surface area contributed by atoms with Gasteiger partial charge >= 0.3 is 0 Å². The van der Waals surface area contributed by atoms with Crippen molar-refractivity contribution in [2.75, 3.05) is 0 Å². The van der Waals surface area contributed by atoms with Crippen molar-refractivity contribution in [3.8, 4) is 6.07 Å². The van der Waals surface area contributed by atoms with E-state index in [1.54, 1.807) is 0 Å². The SMILES string of the molecule is CCCC(C)NS(=O)(=O)c1ccc(C#N)c(Cl)c1. The highest BCUT2D eigenvalue weighted by atomic mass is 35.5. The number of nitrogens with zero attached hydrogens (tertiary/aromatic N) is 1. The molecule has 0 heterocycles. The van der Waals surface area contributed by atoms with Crippen molar-refractivity contribution in [1.82, 2.24) is 4.72 Å². The predicted molar refractivity (Wildman–Crippen MR) is 70.9 cm³/mol. The van der Waals surface area contributed by atoms with E-state index < -0.39 is 10.0 Å². The summed E-state index contributed by atoms with van der Waals surface area (Å²) in [6.45, 7) is 3.80. The molecule has 0 saturated carbocycles. The van der Waals surface area contributed by atoms with Crippen molar-refractivity contribution in [3.05, 3.63) is 28.8 Å². The second-order valence-electron chi connectivity index (χ2n) is 4.06. The Bertz CT molecular complexity index is 564. The number of hydrogen-bond donors (Lipinski definition) is 1. The lowest BCUT2D eigenvalue weighted by Gasteiger charge is -2.13. The molecule has 1 rings (SSSR count). The highest BCUT2D eigenvalue weighted by Gasteiger charge is 2.18. The second-order valence-corrected chi connectivity index (χ2v) is 6.19. The molecule has 0 radical (unpaired) electrons. The smallest absolute Gasteiger partial charge is 0.208 e. The van der Waals surface area contributed by atoms with Crippen LogP contribution in [0.3, 0.4) is 0 Å². The third kappa shape index (κ3) is 3.70. The van der Waals surface area contributed by atoms with E-state index in [4.69, 9.17) is 16.9 Å². The van der Waals surface area contributed by atoms with Gasteiger partial charge in [0.15, 0.2) is 0 Å². The number of benzene rings is 1. The van der Waals surface area contributed by atoms with Crippen molar-refractivity contribution in [2.45, 2.75) is 37.6 Å². The van der Waals surface area contributed by atoms with E-state index in [0.29, 0.717) is 0 Å². The van der Waals surface area contributed by atoms with E-state index in [9.17, 15) is 8.42 Å². The molecule has 0 bridgehead atoms. The zero-order valence-corrected chi connectivity index (χ0v) is 11.8. The Hall–Kier alpha value is -1.09. The van der Waals surface area contributed by atoms with Crippen LogP contribution < -0.4 is 4.72 Å². The first-order valence-electron chi connectivity index (χ1n) is 5.62. The lowest BCUT2D eigenvalue weighted by Crippen LogP contribution is -2.32. The van der Waals surface area contributed by atoms with Crippen LogP contribution in [0.5, 0.6) is 0 Å². The molecule has 0 aliphatic rings. The van der Waals surface area contributed by atoms with Crippen LogP contribution in [0.25, 0.3) is 0 Å². The fourth-order valence-electron chi connectivity index (χ4n) is 1.58. The normalized spacial score (nSPS) is 13.0. The average molecular weight is 287 g/mol. The molecule has 0 aliphatic heterocycles. The first-order chi connectivity index (χ1) is 8.40. The van der Waals surface area contributed by atoms with Gasteiger partial charge in [-0.25, -0.2) is 13.1 Å². The molecule has 98 valence electrons. The van der Waals surface area contributed by atoms with Crippen molar-refractivity contribution in [2.24, 2.45) is 0 Å². The Morgan fingerprint density at radius 2 is 2.17 bits per heavy atom. The molecule has 4 nitrogen and oxygen atoms in total. The Morgan fingerprint density at radius 1 is 1.50 bits per heavy atom. The summed E-state index contributed by atoms with van der Waals surface area (Å²) >= 11 is 5.82. The summed E-state index contributed by atoms with van der Waals surface area (Å²) in [6, 6.07) is 5.83. The number of nitriles is 1. The third-order valence-corrected chi connectivity index (χ3v) is 4.35. The van der Waals surface area contributed by atoms with Gasteiger partial charge in [0, 0.05) is 6.04 Å². The number of hydrogen-bond acceptors (Lipinski definition) is 3. The van der Waals surface area contributed by atoms with E-state index in [0.717, 1.165) is 12.8 Å². The summed E-state index contributed by atoms with van der Waals surface area (Å²) in [6.07, 6.45) is 1.67. The van der Waals surface area contributed by atoms with Crippen molar-refractivity contribution in [1.29, 1.82) is 5.26 Å². The molecule has 0 aromatic heterocycles. The summed E-state index contributed by atoms with van der Waals surface area (Å²) < 4.78 is 26.6. The minimum Gasteiger partial charge on any atom is -0.208 e. The molecular formula is C12H15ClN2O2S. The predicted octanol–water partition coefficient (Wildman–Crippen LogP) is 2.68. The number of rotatable bonds is 5. The van der Waals surface area contributed by atoms with E-state index in [1.807, 2.05) is 19.9 Å². The second kappa shape index (κ2) is 6.19. The molecule has 0 aliphatic carbocycles. The van der Waals surface area contributed by atoms with Crippen LogP contribution in [0.2, 0.25) is 5.02 Å². The molecule has 1 N–H and O–H groups in total. The lowest BCUT2D eigenvalue weighted by atomic mass is 10.2. The first-order valence-corrected chi connectivity index (χ1v) is 7.48. The van der Waals surface area contributed by atoms with Gasteiger partial charge in [-0.15, -0.1) is 0 Å². The maximum atomic E-state index is 12.0. The fraction of sp³-hybridized carbons (Fsp3) is 0.417. The van der Waals surface area contributed by atoms with Gasteiger partial charge in [-0.05, 0) is 31.5 Å². The van der Waals surface area contributed by atoms with E-state index in [-0.39, 0.29) is 21.5 Å². The van der Waals surface area contributed by atoms with Gasteiger partial charge in [0.2, 0.25) is 10.0 Å². The highest BCUT2D eigenvalue weighted by molar-refractivity contribution is 7.89. The van der Waals surface area contributed by atoms with Gasteiger partial charge < -0.3 is 0 Å². The molecule has 1 atom stereocenters. The maximum Gasteiger partial charge on any atom is 0.240 e. The summed E-state index contributed by atoms with van der Waals surface area (Å²) in [4.78, 5) is 0.0782. The van der Waals surface area contributed by atoms with E-state index in [2.05, 4.69) is 4.72 Å². The molecule has 18 heavy (non-hydrogen) atoms. The van der Waals surface area contributed by atoms with Gasteiger partial charge in [0.25, 0.3) is 0 Å². The minimum absolute atomic E-state index is 0.0782. The van der Waals surface area contributed by atoms with Crippen molar-refractivity contribution in [3.63, 3.8) is 0 Å². The largest absolute Gasteiger partial charge is 0.240 e. The summed E-state index contributed by atoms with van der Waals surface area (Å²) in [5.41, 5.74) is 0.261. The highest BCUT2D eigenvalue weighted by Crippen LogP contribution is 2.20. The zero-order chi connectivity index (χ0) is 13.8. The van der Waals surface area contributed by atoms with Crippen LogP contribution in [0, 0.1) is 11.3 Å². The first kappa shape index (κ1) is 15.0. The molecule has 0 amide bonds.